The third kappa shape index (κ3) is 8.12. The lowest BCUT2D eigenvalue weighted by atomic mass is 10.4. The fourth-order valence-electron chi connectivity index (χ4n) is 1.68. The molecular formula is C12H25N3O4. The average Bonchev–Trinajstić information content (AvgIpc) is 2.44. The molecule has 0 spiro atoms. The second kappa shape index (κ2) is 11.1. The molecule has 0 radical (unpaired) electrons. The lowest BCUT2D eigenvalue weighted by Gasteiger charge is -2.22. The van der Waals surface area contributed by atoms with Crippen LogP contribution in [0.2, 0.25) is 0 Å². The number of ether oxygens (including phenoxy) is 3. The first-order valence-corrected chi connectivity index (χ1v) is 6.76. The van der Waals surface area contributed by atoms with Crippen LogP contribution in [-0.4, -0.2) is 83.2 Å². The Morgan fingerprint density at radius 3 is 2.05 bits per heavy atom. The smallest absolute Gasteiger partial charge is 0.236 e. The molecule has 0 atom stereocenters. The Morgan fingerprint density at radius 2 is 1.47 bits per heavy atom. The molecule has 1 saturated heterocycles. The van der Waals surface area contributed by atoms with Gasteiger partial charge in [0.05, 0.1) is 46.2 Å². The zero-order chi connectivity index (χ0) is 13.8. The van der Waals surface area contributed by atoms with Crippen molar-refractivity contribution in [1.29, 1.82) is 0 Å². The summed E-state index contributed by atoms with van der Waals surface area (Å²) in [6, 6.07) is 0. The van der Waals surface area contributed by atoms with E-state index in [2.05, 4.69) is 5.32 Å². The molecule has 0 unspecified atom stereocenters. The molecule has 0 aromatic carbocycles. The first-order chi connectivity index (χ1) is 9.34. The molecule has 0 aromatic rings. The molecule has 19 heavy (non-hydrogen) atoms. The Hall–Kier alpha value is -0.730. The van der Waals surface area contributed by atoms with E-state index in [-0.39, 0.29) is 12.5 Å². The third-order valence-electron chi connectivity index (χ3n) is 2.76. The number of hydrogen-bond donors (Lipinski definition) is 2. The van der Waals surface area contributed by atoms with E-state index in [0.717, 1.165) is 13.1 Å². The number of rotatable bonds is 1. The van der Waals surface area contributed by atoms with Gasteiger partial charge in [0, 0.05) is 26.2 Å². The van der Waals surface area contributed by atoms with Gasteiger partial charge in [-0.1, -0.05) is 0 Å². The molecular weight excluding hydrogens is 250 g/mol. The molecule has 7 heteroatoms. The fourth-order valence-corrected chi connectivity index (χ4v) is 1.68. The summed E-state index contributed by atoms with van der Waals surface area (Å²) < 4.78 is 16.2. The molecule has 0 saturated carbocycles. The SMILES string of the molecule is NCC(=O)N1CCOCCNCCOCCOCC1. The molecule has 3 N–H and O–H groups in total. The van der Waals surface area contributed by atoms with Crippen molar-refractivity contribution in [2.75, 3.05) is 72.4 Å². The van der Waals surface area contributed by atoms with Crippen LogP contribution in [0.5, 0.6) is 0 Å². The summed E-state index contributed by atoms with van der Waals surface area (Å²) in [6.45, 7) is 6.12. The Morgan fingerprint density at radius 1 is 0.947 bits per heavy atom. The molecule has 0 aromatic heterocycles. The highest BCUT2D eigenvalue weighted by atomic mass is 16.5. The van der Waals surface area contributed by atoms with Crippen molar-refractivity contribution in [3.63, 3.8) is 0 Å². The van der Waals surface area contributed by atoms with Crippen molar-refractivity contribution in [1.82, 2.24) is 10.2 Å². The summed E-state index contributed by atoms with van der Waals surface area (Å²) in [6.07, 6.45) is 0. The maximum Gasteiger partial charge on any atom is 0.236 e. The van der Waals surface area contributed by atoms with E-state index >= 15 is 0 Å². The maximum atomic E-state index is 11.6. The molecule has 1 aliphatic rings. The third-order valence-corrected chi connectivity index (χ3v) is 2.76. The number of nitrogens with zero attached hydrogens (tertiary/aromatic N) is 1. The zero-order valence-electron chi connectivity index (χ0n) is 11.4. The van der Waals surface area contributed by atoms with Gasteiger partial charge in [-0.3, -0.25) is 4.79 Å². The van der Waals surface area contributed by atoms with E-state index in [0.29, 0.717) is 52.7 Å². The standard InChI is InChI=1S/C12H25N3O4/c13-11-12(16)15-3-7-17-5-1-14-2-6-18-9-10-19-8-4-15/h14H,1-11,13H2. The van der Waals surface area contributed by atoms with Gasteiger partial charge in [-0.2, -0.15) is 0 Å². The minimum atomic E-state index is -0.0779. The van der Waals surface area contributed by atoms with Crippen LogP contribution in [0, 0.1) is 0 Å². The van der Waals surface area contributed by atoms with Crippen LogP contribution in [0.25, 0.3) is 0 Å². The molecule has 112 valence electrons. The first-order valence-electron chi connectivity index (χ1n) is 6.76. The maximum absolute atomic E-state index is 11.6. The summed E-state index contributed by atoms with van der Waals surface area (Å²) in [7, 11) is 0. The van der Waals surface area contributed by atoms with Gasteiger partial charge in [0.15, 0.2) is 0 Å². The van der Waals surface area contributed by atoms with E-state index in [1.54, 1.807) is 4.90 Å². The van der Waals surface area contributed by atoms with Crippen molar-refractivity contribution >= 4 is 5.91 Å². The molecule has 0 bridgehead atoms. The highest BCUT2D eigenvalue weighted by Gasteiger charge is 2.11. The van der Waals surface area contributed by atoms with Gasteiger partial charge in [-0.05, 0) is 0 Å². The molecule has 1 heterocycles. The quantitative estimate of drug-likeness (QED) is 0.601. The van der Waals surface area contributed by atoms with Gasteiger partial charge in [0.1, 0.15) is 0 Å². The zero-order valence-corrected chi connectivity index (χ0v) is 11.4. The summed E-state index contributed by atoms with van der Waals surface area (Å²) in [5, 5.41) is 3.21. The monoisotopic (exact) mass is 275 g/mol. The number of carbonyl (C=O) groups is 1. The van der Waals surface area contributed by atoms with E-state index in [1.165, 1.54) is 0 Å². The van der Waals surface area contributed by atoms with E-state index in [1.807, 2.05) is 0 Å². The van der Waals surface area contributed by atoms with Gasteiger partial charge < -0.3 is 30.2 Å². The predicted octanol–water partition coefficient (Wildman–Crippen LogP) is -1.57. The van der Waals surface area contributed by atoms with Crippen LogP contribution in [-0.2, 0) is 19.0 Å². The van der Waals surface area contributed by atoms with Gasteiger partial charge in [-0.25, -0.2) is 0 Å². The lowest BCUT2D eigenvalue weighted by molar-refractivity contribution is -0.131. The van der Waals surface area contributed by atoms with Gasteiger partial charge in [-0.15, -0.1) is 0 Å². The van der Waals surface area contributed by atoms with Gasteiger partial charge >= 0.3 is 0 Å². The molecule has 1 amide bonds. The molecule has 1 rings (SSSR count). The Bertz CT molecular complexity index is 225. The number of carbonyl (C=O) groups excluding carboxylic acids is 1. The van der Waals surface area contributed by atoms with Gasteiger partial charge in [0.2, 0.25) is 5.91 Å². The van der Waals surface area contributed by atoms with Crippen molar-refractivity contribution in [3.8, 4) is 0 Å². The molecule has 7 nitrogen and oxygen atoms in total. The first kappa shape index (κ1) is 16.3. The summed E-state index contributed by atoms with van der Waals surface area (Å²) >= 11 is 0. The highest BCUT2D eigenvalue weighted by molar-refractivity contribution is 5.77. The number of hydrogen-bond acceptors (Lipinski definition) is 6. The largest absolute Gasteiger partial charge is 0.378 e. The molecule has 1 aliphatic heterocycles. The van der Waals surface area contributed by atoms with E-state index < -0.39 is 0 Å². The average molecular weight is 275 g/mol. The van der Waals surface area contributed by atoms with Crippen molar-refractivity contribution in [3.05, 3.63) is 0 Å². The van der Waals surface area contributed by atoms with Crippen LogP contribution in [0.15, 0.2) is 0 Å². The van der Waals surface area contributed by atoms with E-state index in [4.69, 9.17) is 19.9 Å². The minimum Gasteiger partial charge on any atom is -0.378 e. The molecule has 1 fully saturated rings. The Balaban J connectivity index is 2.31. The van der Waals surface area contributed by atoms with Crippen LogP contribution < -0.4 is 11.1 Å². The minimum absolute atomic E-state index is 0.0185. The topological polar surface area (TPSA) is 86.1 Å². The number of nitrogens with two attached hydrogens (primary N) is 1. The van der Waals surface area contributed by atoms with Crippen molar-refractivity contribution in [2.24, 2.45) is 5.73 Å². The number of nitrogens with one attached hydrogen (secondary N) is 1. The van der Waals surface area contributed by atoms with E-state index in [9.17, 15) is 4.79 Å². The summed E-state index contributed by atoms with van der Waals surface area (Å²) in [4.78, 5) is 13.3. The Kier molecular flexibility index (Phi) is 9.56. The normalized spacial score (nSPS) is 21.4. The van der Waals surface area contributed by atoms with Crippen LogP contribution in [0.4, 0.5) is 0 Å². The van der Waals surface area contributed by atoms with Crippen LogP contribution >= 0.6 is 0 Å². The second-order valence-corrected chi connectivity index (χ2v) is 4.17. The summed E-state index contributed by atoms with van der Waals surface area (Å²) in [5.74, 6) is -0.0779. The highest BCUT2D eigenvalue weighted by Crippen LogP contribution is 1.92. The molecule has 0 aliphatic carbocycles. The predicted molar refractivity (Wildman–Crippen MR) is 71.0 cm³/mol. The lowest BCUT2D eigenvalue weighted by Crippen LogP contribution is -2.40. The van der Waals surface area contributed by atoms with Crippen molar-refractivity contribution in [2.45, 2.75) is 0 Å². The van der Waals surface area contributed by atoms with Gasteiger partial charge in [0.25, 0.3) is 0 Å². The fraction of sp³-hybridized carbons (Fsp3) is 0.917. The van der Waals surface area contributed by atoms with Crippen LogP contribution in [0.3, 0.4) is 0 Å². The second-order valence-electron chi connectivity index (χ2n) is 4.17. The summed E-state index contributed by atoms with van der Waals surface area (Å²) in [5.41, 5.74) is 5.38. The van der Waals surface area contributed by atoms with Crippen molar-refractivity contribution < 1.29 is 19.0 Å². The van der Waals surface area contributed by atoms with Crippen LogP contribution in [0.1, 0.15) is 0 Å². The Labute approximate surface area is 114 Å². The number of amides is 1.